The first-order chi connectivity index (χ1) is 10.2. The van der Waals surface area contributed by atoms with Gasteiger partial charge < -0.3 is 9.15 Å². The quantitative estimate of drug-likeness (QED) is 0.800. The standard InChI is InChI=1S/C18H21NO2/c1-10-5-14-13-8-12(20-2)3-4-17(13)21-18(14)15-6-11-7-16(15)19(10)9-11/h3-4,8,10-11,15-16H,5-7,9H2,1-2H3/t10?,11-,15+,16-/m0/s1. The average Bonchev–Trinajstić information content (AvgIpc) is 3.17. The third kappa shape index (κ3) is 1.53. The molecule has 1 aromatic carbocycles. The molecule has 4 atom stereocenters. The first kappa shape index (κ1) is 12.1. The van der Waals surface area contributed by atoms with E-state index in [1.54, 1.807) is 7.11 Å². The van der Waals surface area contributed by atoms with Crippen LogP contribution in [0.15, 0.2) is 22.6 Å². The molecule has 0 N–H and O–H groups in total. The van der Waals surface area contributed by atoms with Gasteiger partial charge in [-0.05, 0) is 50.3 Å². The van der Waals surface area contributed by atoms with E-state index in [1.165, 1.54) is 36.1 Å². The second kappa shape index (κ2) is 4.04. The monoisotopic (exact) mass is 283 g/mol. The summed E-state index contributed by atoms with van der Waals surface area (Å²) in [5.74, 6) is 3.70. The molecule has 2 fully saturated rings. The summed E-state index contributed by atoms with van der Waals surface area (Å²) in [5.41, 5.74) is 2.47. The minimum absolute atomic E-state index is 0.613. The third-order valence-corrected chi connectivity index (χ3v) is 5.95. The van der Waals surface area contributed by atoms with Crippen molar-refractivity contribution in [3.63, 3.8) is 0 Å². The van der Waals surface area contributed by atoms with Gasteiger partial charge in [0.1, 0.15) is 17.1 Å². The van der Waals surface area contributed by atoms with Gasteiger partial charge in [-0.15, -0.1) is 0 Å². The van der Waals surface area contributed by atoms with Crippen LogP contribution in [0.3, 0.4) is 0 Å². The lowest BCUT2D eigenvalue weighted by molar-refractivity contribution is 0.145. The van der Waals surface area contributed by atoms with E-state index in [-0.39, 0.29) is 0 Å². The van der Waals surface area contributed by atoms with Crippen molar-refractivity contribution < 1.29 is 9.15 Å². The number of furan rings is 1. The van der Waals surface area contributed by atoms with Gasteiger partial charge in [0.15, 0.2) is 0 Å². The molecule has 110 valence electrons. The van der Waals surface area contributed by atoms with Crippen LogP contribution in [0, 0.1) is 5.92 Å². The Balaban J connectivity index is 1.73. The topological polar surface area (TPSA) is 25.6 Å². The highest BCUT2D eigenvalue weighted by Gasteiger charge is 2.50. The molecule has 0 radical (unpaired) electrons. The normalized spacial score (nSPS) is 34.2. The van der Waals surface area contributed by atoms with Gasteiger partial charge in [-0.1, -0.05) is 0 Å². The summed E-state index contributed by atoms with van der Waals surface area (Å²) in [4.78, 5) is 2.74. The smallest absolute Gasteiger partial charge is 0.134 e. The van der Waals surface area contributed by atoms with Gasteiger partial charge in [0.25, 0.3) is 0 Å². The Labute approximate surface area is 124 Å². The minimum Gasteiger partial charge on any atom is -0.497 e. The van der Waals surface area contributed by atoms with Crippen LogP contribution in [0.5, 0.6) is 5.75 Å². The highest BCUT2D eigenvalue weighted by atomic mass is 16.5. The lowest BCUT2D eigenvalue weighted by Crippen LogP contribution is -2.41. The zero-order valence-electron chi connectivity index (χ0n) is 12.6. The maximum atomic E-state index is 6.32. The summed E-state index contributed by atoms with van der Waals surface area (Å²) in [7, 11) is 1.73. The van der Waals surface area contributed by atoms with E-state index < -0.39 is 0 Å². The molecule has 2 bridgehead atoms. The molecule has 3 nitrogen and oxygen atoms in total. The van der Waals surface area contributed by atoms with Gasteiger partial charge in [0.2, 0.25) is 0 Å². The van der Waals surface area contributed by atoms with Crippen LogP contribution in [0.4, 0.5) is 0 Å². The molecule has 3 heterocycles. The molecule has 3 heteroatoms. The van der Waals surface area contributed by atoms with Crippen molar-refractivity contribution >= 4 is 11.0 Å². The van der Waals surface area contributed by atoms with E-state index in [1.807, 2.05) is 6.07 Å². The Morgan fingerprint density at radius 2 is 2.19 bits per heavy atom. The van der Waals surface area contributed by atoms with Crippen LogP contribution < -0.4 is 4.74 Å². The predicted octanol–water partition coefficient (Wildman–Crippen LogP) is 3.56. The summed E-state index contributed by atoms with van der Waals surface area (Å²) in [6.45, 7) is 3.68. The van der Waals surface area contributed by atoms with Crippen molar-refractivity contribution in [2.75, 3.05) is 13.7 Å². The Bertz CT molecular complexity index is 719. The van der Waals surface area contributed by atoms with Crippen molar-refractivity contribution in [2.45, 2.75) is 44.2 Å². The van der Waals surface area contributed by atoms with Crippen molar-refractivity contribution in [1.82, 2.24) is 4.90 Å². The molecule has 2 aromatic rings. The third-order valence-electron chi connectivity index (χ3n) is 5.95. The highest BCUT2D eigenvalue weighted by Crippen LogP contribution is 2.52. The van der Waals surface area contributed by atoms with Gasteiger partial charge in [0.05, 0.1) is 7.11 Å². The fourth-order valence-corrected chi connectivity index (χ4v) is 5.05. The van der Waals surface area contributed by atoms with E-state index in [9.17, 15) is 0 Å². The van der Waals surface area contributed by atoms with Crippen molar-refractivity contribution in [3.8, 4) is 5.75 Å². The Kier molecular flexibility index (Phi) is 2.33. The zero-order chi connectivity index (χ0) is 14.1. The molecule has 0 spiro atoms. The fourth-order valence-electron chi connectivity index (χ4n) is 5.05. The number of hydrogen-bond acceptors (Lipinski definition) is 3. The van der Waals surface area contributed by atoms with E-state index in [4.69, 9.17) is 9.15 Å². The number of fused-ring (bicyclic) bond motifs is 5. The van der Waals surface area contributed by atoms with Crippen LogP contribution in [-0.2, 0) is 6.42 Å². The first-order valence-electron chi connectivity index (χ1n) is 8.09. The Morgan fingerprint density at radius 1 is 1.29 bits per heavy atom. The van der Waals surface area contributed by atoms with Crippen LogP contribution >= 0.6 is 0 Å². The lowest BCUT2D eigenvalue weighted by atomic mass is 9.94. The highest BCUT2D eigenvalue weighted by molar-refractivity contribution is 5.84. The molecule has 1 aromatic heterocycles. The number of ether oxygens (including phenoxy) is 1. The molecule has 1 saturated heterocycles. The van der Waals surface area contributed by atoms with E-state index in [0.717, 1.165) is 23.7 Å². The van der Waals surface area contributed by atoms with Gasteiger partial charge in [0, 0.05) is 35.5 Å². The molecule has 3 aliphatic rings. The molecule has 21 heavy (non-hydrogen) atoms. The molecule has 1 aliphatic carbocycles. The summed E-state index contributed by atoms with van der Waals surface area (Å²) in [5, 5.41) is 1.27. The van der Waals surface area contributed by atoms with Crippen molar-refractivity contribution in [1.29, 1.82) is 0 Å². The second-order valence-corrected chi connectivity index (χ2v) is 7.07. The number of piperidine rings is 1. The molecule has 1 unspecified atom stereocenters. The summed E-state index contributed by atoms with van der Waals surface area (Å²) in [6.07, 6.45) is 3.79. The van der Waals surface area contributed by atoms with Gasteiger partial charge in [-0.2, -0.15) is 0 Å². The van der Waals surface area contributed by atoms with Crippen LogP contribution in [-0.4, -0.2) is 30.6 Å². The van der Waals surface area contributed by atoms with Gasteiger partial charge in [-0.25, -0.2) is 0 Å². The van der Waals surface area contributed by atoms with Gasteiger partial charge in [-0.3, -0.25) is 4.90 Å². The van der Waals surface area contributed by atoms with E-state index in [0.29, 0.717) is 18.0 Å². The Hall–Kier alpha value is -1.48. The second-order valence-electron chi connectivity index (χ2n) is 7.07. The minimum atomic E-state index is 0.613. The zero-order valence-corrected chi connectivity index (χ0v) is 12.6. The first-order valence-corrected chi connectivity index (χ1v) is 8.09. The molecule has 1 saturated carbocycles. The Morgan fingerprint density at radius 3 is 3.00 bits per heavy atom. The number of hydrogen-bond donors (Lipinski definition) is 0. The largest absolute Gasteiger partial charge is 0.497 e. The molecule has 2 aliphatic heterocycles. The molecular weight excluding hydrogens is 262 g/mol. The fraction of sp³-hybridized carbons (Fsp3) is 0.556. The summed E-state index contributed by atoms with van der Waals surface area (Å²) in [6, 6.07) is 7.56. The number of methoxy groups -OCH3 is 1. The average molecular weight is 283 g/mol. The van der Waals surface area contributed by atoms with Crippen molar-refractivity contribution in [3.05, 3.63) is 29.5 Å². The molecule has 0 amide bonds. The van der Waals surface area contributed by atoms with Crippen LogP contribution in [0.2, 0.25) is 0 Å². The van der Waals surface area contributed by atoms with E-state index in [2.05, 4.69) is 24.0 Å². The van der Waals surface area contributed by atoms with Gasteiger partial charge >= 0.3 is 0 Å². The maximum absolute atomic E-state index is 6.32. The summed E-state index contributed by atoms with van der Waals surface area (Å²) < 4.78 is 11.7. The van der Waals surface area contributed by atoms with E-state index >= 15 is 0 Å². The van der Waals surface area contributed by atoms with Crippen LogP contribution in [0.1, 0.15) is 37.0 Å². The number of nitrogens with zero attached hydrogens (tertiary/aromatic N) is 1. The molecular formula is C18H21NO2. The SMILES string of the molecule is COc1ccc2oc3c(c2c1)CC(C)N1C[C@H]2C[C@@H]3[C@@H]1C2. The number of benzene rings is 1. The predicted molar refractivity (Wildman–Crippen MR) is 81.9 cm³/mol. The number of rotatable bonds is 1. The van der Waals surface area contributed by atoms with Crippen LogP contribution in [0.25, 0.3) is 11.0 Å². The summed E-state index contributed by atoms with van der Waals surface area (Å²) >= 11 is 0. The molecule has 5 rings (SSSR count). The van der Waals surface area contributed by atoms with Crippen molar-refractivity contribution in [2.24, 2.45) is 5.92 Å². The maximum Gasteiger partial charge on any atom is 0.134 e. The lowest BCUT2D eigenvalue weighted by Gasteiger charge is -2.34.